The summed E-state index contributed by atoms with van der Waals surface area (Å²) in [5.74, 6) is 0. The number of hydrogen-bond donors (Lipinski definition) is 0. The molecule has 0 atom stereocenters. The number of fused-ring (bicyclic) bond motifs is 2. The predicted molar refractivity (Wildman–Crippen MR) is 107 cm³/mol. The van der Waals surface area contributed by atoms with Gasteiger partial charge in [0, 0.05) is 16.3 Å². The predicted octanol–water partition coefficient (Wildman–Crippen LogP) is 3.23. The van der Waals surface area contributed by atoms with E-state index in [2.05, 4.69) is 49.9 Å². The van der Waals surface area contributed by atoms with E-state index < -0.39 is 0 Å². The molecule has 3 aromatic rings. The molecular formula is C20H25N3O2S. The van der Waals surface area contributed by atoms with Crippen LogP contribution < -0.4 is 4.85 Å². The molecule has 0 bridgehead atoms. The zero-order valence-electron chi connectivity index (χ0n) is 15.5. The van der Waals surface area contributed by atoms with Crippen LogP contribution in [0.2, 0.25) is 0 Å². The fraction of sp³-hybridized carbons (Fsp3) is 0.350. The lowest BCUT2D eigenvalue weighted by molar-refractivity contribution is -0.681. The van der Waals surface area contributed by atoms with Gasteiger partial charge in [0.25, 0.3) is 5.69 Å². The molecule has 1 aliphatic rings. The Morgan fingerprint density at radius 2 is 1.85 bits per heavy atom. The topological polar surface area (TPSA) is 66.6 Å². The Hall–Kier alpha value is -2.02. The Labute approximate surface area is 158 Å². The maximum Gasteiger partial charge on any atom is 0.261 e. The van der Waals surface area contributed by atoms with E-state index in [9.17, 15) is 5.21 Å². The van der Waals surface area contributed by atoms with E-state index in [1.54, 1.807) is 11.8 Å². The molecule has 1 aliphatic heterocycles. The molecule has 0 saturated heterocycles. The highest BCUT2D eigenvalue weighted by Gasteiger charge is 2.32. The Bertz CT molecular complexity index is 948. The van der Waals surface area contributed by atoms with E-state index in [1.165, 1.54) is 10.5 Å². The Kier molecular flexibility index (Phi) is 5.27. The molecular weight excluding hydrogens is 346 g/mol. The summed E-state index contributed by atoms with van der Waals surface area (Å²) in [5.41, 5.74) is 4.13. The molecule has 0 saturated carbocycles. The highest BCUT2D eigenvalue weighted by atomic mass is 32.2. The van der Waals surface area contributed by atoms with Crippen LogP contribution in [0.1, 0.15) is 19.4 Å². The minimum Gasteiger partial charge on any atom is -0.595 e. The molecule has 2 N–H and O–H groups in total. The van der Waals surface area contributed by atoms with E-state index in [-0.39, 0.29) is 5.48 Å². The standard InChI is InChI=1S/C20H23N3OS.H2O/c1-4-21(5-2)12-13-22-16-11-10-14(3)20-18(16)19(23(22)24)15-8-6-7-9-17(15)25-20;/h6-11H,4-5,12-13H2,1-3H3;1H2. The van der Waals surface area contributed by atoms with Gasteiger partial charge in [-0.2, -0.15) is 0 Å². The first kappa shape index (κ1) is 18.8. The maximum atomic E-state index is 13.2. The molecule has 0 spiro atoms. The largest absolute Gasteiger partial charge is 0.595 e. The van der Waals surface area contributed by atoms with Crippen LogP contribution in [0.4, 0.5) is 0 Å². The summed E-state index contributed by atoms with van der Waals surface area (Å²) in [6, 6.07) is 12.5. The zero-order valence-corrected chi connectivity index (χ0v) is 16.3. The summed E-state index contributed by atoms with van der Waals surface area (Å²) in [7, 11) is 0. The summed E-state index contributed by atoms with van der Waals surface area (Å²) in [5, 5.41) is 14.3. The molecule has 4 rings (SSSR count). The van der Waals surface area contributed by atoms with Crippen molar-refractivity contribution in [3.05, 3.63) is 47.2 Å². The number of benzene rings is 2. The van der Waals surface area contributed by atoms with Gasteiger partial charge in [-0.1, -0.05) is 48.7 Å². The molecule has 0 amide bonds. The molecule has 0 aliphatic carbocycles. The fourth-order valence-electron chi connectivity index (χ4n) is 3.65. The van der Waals surface area contributed by atoms with Crippen LogP contribution >= 0.6 is 11.8 Å². The molecule has 0 unspecified atom stereocenters. The van der Waals surface area contributed by atoms with E-state index in [0.29, 0.717) is 6.54 Å². The van der Waals surface area contributed by atoms with Gasteiger partial charge in [0.1, 0.15) is 5.52 Å². The number of likely N-dealkylation sites (N-methyl/N-ethyl adjacent to an activating group) is 1. The number of aromatic nitrogens is 2. The molecule has 138 valence electrons. The highest BCUT2D eigenvalue weighted by Crippen LogP contribution is 2.47. The first-order chi connectivity index (χ1) is 12.2. The van der Waals surface area contributed by atoms with Gasteiger partial charge in [0.2, 0.25) is 0 Å². The summed E-state index contributed by atoms with van der Waals surface area (Å²) >= 11 is 1.78. The molecule has 2 heterocycles. The molecule has 0 fully saturated rings. The number of aryl methyl sites for hydroxylation is 1. The van der Waals surface area contributed by atoms with Crippen molar-refractivity contribution < 1.29 is 10.3 Å². The van der Waals surface area contributed by atoms with Gasteiger partial charge in [0.05, 0.1) is 17.5 Å². The molecule has 2 aromatic carbocycles. The third kappa shape index (κ3) is 2.78. The molecule has 1 aromatic heterocycles. The smallest absolute Gasteiger partial charge is 0.261 e. The van der Waals surface area contributed by atoms with Crippen molar-refractivity contribution in [3.63, 3.8) is 0 Å². The van der Waals surface area contributed by atoms with Crippen LogP contribution in [0, 0.1) is 12.1 Å². The van der Waals surface area contributed by atoms with Crippen LogP contribution in [0.15, 0.2) is 46.2 Å². The number of hydrogen-bond acceptors (Lipinski definition) is 3. The van der Waals surface area contributed by atoms with Gasteiger partial charge in [-0.3, -0.25) is 0 Å². The van der Waals surface area contributed by atoms with Crippen LogP contribution in [-0.2, 0) is 6.54 Å². The average molecular weight is 372 g/mol. The normalized spacial score (nSPS) is 12.3. The van der Waals surface area contributed by atoms with Crippen molar-refractivity contribution in [2.24, 2.45) is 0 Å². The van der Waals surface area contributed by atoms with Gasteiger partial charge >= 0.3 is 0 Å². The van der Waals surface area contributed by atoms with E-state index >= 15 is 0 Å². The first-order valence-electron chi connectivity index (χ1n) is 8.91. The lowest BCUT2D eigenvalue weighted by Gasteiger charge is -2.17. The molecule has 26 heavy (non-hydrogen) atoms. The first-order valence-corrected chi connectivity index (χ1v) is 9.72. The van der Waals surface area contributed by atoms with Crippen molar-refractivity contribution in [2.75, 3.05) is 19.6 Å². The quantitative estimate of drug-likeness (QED) is 0.400. The average Bonchev–Trinajstić information content (AvgIpc) is 2.92. The van der Waals surface area contributed by atoms with Crippen molar-refractivity contribution in [3.8, 4) is 11.3 Å². The van der Waals surface area contributed by atoms with Gasteiger partial charge in [-0.15, -0.1) is 4.68 Å². The Morgan fingerprint density at radius 1 is 1.12 bits per heavy atom. The maximum absolute atomic E-state index is 13.2. The summed E-state index contributed by atoms with van der Waals surface area (Å²) < 4.78 is 1.90. The van der Waals surface area contributed by atoms with E-state index in [0.717, 1.165) is 51.5 Å². The van der Waals surface area contributed by atoms with Crippen LogP contribution in [0.25, 0.3) is 22.2 Å². The van der Waals surface area contributed by atoms with Crippen molar-refractivity contribution in [1.29, 1.82) is 0 Å². The minimum absolute atomic E-state index is 0. The van der Waals surface area contributed by atoms with Crippen molar-refractivity contribution >= 4 is 22.7 Å². The third-order valence-electron chi connectivity index (χ3n) is 5.13. The number of rotatable bonds is 5. The van der Waals surface area contributed by atoms with Crippen LogP contribution in [0.3, 0.4) is 0 Å². The third-order valence-corrected chi connectivity index (χ3v) is 6.44. The zero-order chi connectivity index (χ0) is 17.6. The fourth-order valence-corrected chi connectivity index (χ4v) is 4.83. The lowest BCUT2D eigenvalue weighted by Crippen LogP contribution is -2.41. The Balaban J connectivity index is 0.00000196. The second-order valence-corrected chi connectivity index (χ2v) is 7.53. The highest BCUT2D eigenvalue weighted by molar-refractivity contribution is 7.99. The molecule has 5 nitrogen and oxygen atoms in total. The lowest BCUT2D eigenvalue weighted by atomic mass is 10.1. The number of nitrogens with zero attached hydrogens (tertiary/aromatic N) is 3. The van der Waals surface area contributed by atoms with Gasteiger partial charge < -0.3 is 15.6 Å². The monoisotopic (exact) mass is 371 g/mol. The van der Waals surface area contributed by atoms with Gasteiger partial charge in [-0.05, 0) is 43.8 Å². The minimum atomic E-state index is 0. The van der Waals surface area contributed by atoms with Gasteiger partial charge in [-0.25, -0.2) is 0 Å². The summed E-state index contributed by atoms with van der Waals surface area (Å²) in [6.45, 7) is 10.1. The van der Waals surface area contributed by atoms with Crippen molar-refractivity contribution in [1.82, 2.24) is 9.58 Å². The van der Waals surface area contributed by atoms with Crippen LogP contribution in [-0.4, -0.2) is 34.7 Å². The van der Waals surface area contributed by atoms with Crippen molar-refractivity contribution in [2.45, 2.75) is 37.1 Å². The van der Waals surface area contributed by atoms with Gasteiger partial charge in [0.15, 0.2) is 0 Å². The van der Waals surface area contributed by atoms with E-state index in [1.807, 2.05) is 16.8 Å². The van der Waals surface area contributed by atoms with E-state index in [4.69, 9.17) is 0 Å². The second-order valence-electron chi connectivity index (χ2n) is 6.48. The molecule has 6 heteroatoms. The van der Waals surface area contributed by atoms with Crippen LogP contribution in [0.5, 0.6) is 0 Å². The Morgan fingerprint density at radius 3 is 2.58 bits per heavy atom. The molecule has 0 radical (unpaired) electrons. The summed E-state index contributed by atoms with van der Waals surface area (Å²) in [4.78, 5) is 5.85. The summed E-state index contributed by atoms with van der Waals surface area (Å²) in [6.07, 6.45) is 0. The second kappa shape index (κ2) is 7.31. The SMILES string of the molecule is CCN(CC)CCn1c2ccc(C)c3c2c([n+]1[O-])-c1ccccc1S3.O.